The van der Waals surface area contributed by atoms with Crippen molar-refractivity contribution in [3.63, 3.8) is 0 Å². The van der Waals surface area contributed by atoms with Gasteiger partial charge in [0, 0.05) is 26.7 Å². The molecule has 174 valence electrons. The predicted octanol–water partition coefficient (Wildman–Crippen LogP) is 1.53. The van der Waals surface area contributed by atoms with E-state index in [0.29, 0.717) is 12.4 Å². The van der Waals surface area contributed by atoms with Crippen LogP contribution >= 0.6 is 0 Å². The number of aryl methyl sites for hydroxylation is 1. The minimum atomic E-state index is -0.538. The molecule has 0 aliphatic carbocycles. The summed E-state index contributed by atoms with van der Waals surface area (Å²) in [5.74, 6) is 1.18. The number of likely N-dealkylation sites (N-methyl/N-ethyl adjacent to an activating group) is 1. The number of nitrogens with zero attached hydrogens (tertiary/aromatic N) is 7. The Bertz CT molecular complexity index is 912. The van der Waals surface area contributed by atoms with E-state index in [1.807, 2.05) is 10.8 Å². The van der Waals surface area contributed by atoms with Gasteiger partial charge in [-0.1, -0.05) is 17.8 Å². The minimum Gasteiger partial charge on any atom is -0.302 e. The molecular formula is C23H36N7O2+. The van der Waals surface area contributed by atoms with Crippen molar-refractivity contribution in [3.05, 3.63) is 11.9 Å². The van der Waals surface area contributed by atoms with E-state index in [1.54, 1.807) is 11.9 Å². The third kappa shape index (κ3) is 3.85. The first-order valence-corrected chi connectivity index (χ1v) is 12.3. The molecule has 3 amide bonds. The quantitative estimate of drug-likeness (QED) is 0.627. The molecule has 0 spiro atoms. The summed E-state index contributed by atoms with van der Waals surface area (Å²) in [5.41, 5.74) is 1.10. The normalized spacial score (nSPS) is 24.7. The van der Waals surface area contributed by atoms with Crippen LogP contribution in [0, 0.1) is 6.92 Å². The zero-order chi connectivity index (χ0) is 22.2. The molecule has 4 aliphatic rings. The first kappa shape index (κ1) is 21.6. The van der Waals surface area contributed by atoms with Crippen LogP contribution in [0.25, 0.3) is 0 Å². The number of aromatic nitrogens is 2. The van der Waals surface area contributed by atoms with Crippen LogP contribution in [0.4, 0.5) is 10.7 Å². The predicted molar refractivity (Wildman–Crippen MR) is 121 cm³/mol. The van der Waals surface area contributed by atoms with E-state index in [0.717, 1.165) is 57.5 Å². The second kappa shape index (κ2) is 8.94. The molecule has 9 nitrogen and oxygen atoms in total. The largest absolute Gasteiger partial charge is 0.401 e. The first-order valence-electron chi connectivity index (χ1n) is 12.3. The highest BCUT2D eigenvalue weighted by Gasteiger charge is 2.53. The van der Waals surface area contributed by atoms with Crippen LogP contribution in [0.15, 0.2) is 11.2 Å². The van der Waals surface area contributed by atoms with Crippen molar-refractivity contribution in [1.82, 2.24) is 24.2 Å². The van der Waals surface area contributed by atoms with E-state index in [9.17, 15) is 9.59 Å². The average molecular weight is 443 g/mol. The number of amides is 3. The number of piperidine rings is 2. The molecule has 32 heavy (non-hydrogen) atoms. The fraction of sp³-hybridized carbons (Fsp3) is 0.739. The number of urea groups is 1. The Labute approximate surface area is 190 Å². The van der Waals surface area contributed by atoms with Crippen LogP contribution in [-0.2, 0) is 11.3 Å². The number of amidine groups is 1. The number of imide groups is 1. The maximum atomic E-state index is 13.5. The number of aliphatic imine (C=N–C) groups is 1. The molecule has 4 aliphatic heterocycles. The number of hydrogen-bond donors (Lipinski definition) is 0. The molecule has 9 heteroatoms. The van der Waals surface area contributed by atoms with Crippen LogP contribution < -0.4 is 4.57 Å². The molecule has 0 aromatic carbocycles. The van der Waals surface area contributed by atoms with Gasteiger partial charge in [0.15, 0.2) is 0 Å². The molecule has 3 fully saturated rings. The van der Waals surface area contributed by atoms with Gasteiger partial charge in [0.1, 0.15) is 11.9 Å². The van der Waals surface area contributed by atoms with Crippen molar-refractivity contribution < 1.29 is 14.2 Å². The van der Waals surface area contributed by atoms with E-state index < -0.39 is 6.04 Å². The first-order chi connectivity index (χ1) is 15.5. The van der Waals surface area contributed by atoms with Gasteiger partial charge in [0.25, 0.3) is 5.91 Å². The van der Waals surface area contributed by atoms with Crippen molar-refractivity contribution >= 4 is 23.7 Å². The van der Waals surface area contributed by atoms with Gasteiger partial charge in [0.05, 0.1) is 6.54 Å². The monoisotopic (exact) mass is 442 g/mol. The summed E-state index contributed by atoms with van der Waals surface area (Å²) >= 11 is 0. The van der Waals surface area contributed by atoms with Crippen LogP contribution in [0.1, 0.15) is 50.3 Å². The molecule has 0 N–H and O–H groups in total. The number of imidazole rings is 1. The smallest absolute Gasteiger partial charge is 0.302 e. The zero-order valence-electron chi connectivity index (χ0n) is 19.5. The second-order valence-electron chi connectivity index (χ2n) is 9.64. The SMILES string of the molecule is Cc1c[n+]2c(n1CCN1CCCCC1)N=C1C2C(=O)N(CCN2CCCCC2)C(=O)N1C. The Morgan fingerprint density at radius 1 is 0.906 bits per heavy atom. The Hall–Kier alpha value is -2.26. The Kier molecular flexibility index (Phi) is 6.03. The van der Waals surface area contributed by atoms with E-state index in [1.165, 1.54) is 43.4 Å². The van der Waals surface area contributed by atoms with E-state index >= 15 is 0 Å². The lowest BCUT2D eigenvalue weighted by Gasteiger charge is -2.35. The number of carbonyl (C=O) groups excluding carboxylic acids is 2. The Morgan fingerprint density at radius 3 is 2.12 bits per heavy atom. The van der Waals surface area contributed by atoms with Gasteiger partial charge in [-0.05, 0) is 58.8 Å². The fourth-order valence-corrected chi connectivity index (χ4v) is 5.56. The van der Waals surface area contributed by atoms with Crippen LogP contribution in [-0.4, -0.2) is 94.8 Å². The van der Waals surface area contributed by atoms with E-state index in [-0.39, 0.29) is 11.9 Å². The van der Waals surface area contributed by atoms with Crippen molar-refractivity contribution in [1.29, 1.82) is 0 Å². The third-order valence-corrected chi connectivity index (χ3v) is 7.50. The number of fused-ring (bicyclic) bond motifs is 3. The van der Waals surface area contributed by atoms with Gasteiger partial charge in [0.2, 0.25) is 11.9 Å². The maximum absolute atomic E-state index is 13.5. The molecule has 1 atom stereocenters. The highest BCUT2D eigenvalue weighted by atomic mass is 16.2. The van der Waals surface area contributed by atoms with Crippen molar-refractivity contribution in [2.45, 2.75) is 58.0 Å². The van der Waals surface area contributed by atoms with Gasteiger partial charge in [-0.2, -0.15) is 0 Å². The average Bonchev–Trinajstić information content (AvgIpc) is 3.32. The molecule has 5 heterocycles. The minimum absolute atomic E-state index is 0.152. The topological polar surface area (TPSA) is 68.3 Å². The maximum Gasteiger partial charge on any atom is 0.401 e. The molecule has 1 aromatic rings. The van der Waals surface area contributed by atoms with Crippen molar-refractivity contribution in [3.8, 4) is 0 Å². The number of hydrogen-bond acceptors (Lipinski definition) is 5. The molecule has 0 radical (unpaired) electrons. The number of rotatable bonds is 6. The summed E-state index contributed by atoms with van der Waals surface area (Å²) in [5, 5.41) is 0. The summed E-state index contributed by atoms with van der Waals surface area (Å²) in [7, 11) is 1.74. The summed E-state index contributed by atoms with van der Waals surface area (Å²) in [6.45, 7) is 9.54. The molecule has 1 aromatic heterocycles. The third-order valence-electron chi connectivity index (χ3n) is 7.50. The highest BCUT2D eigenvalue weighted by Crippen LogP contribution is 2.29. The molecular weight excluding hydrogens is 406 g/mol. The fourth-order valence-electron chi connectivity index (χ4n) is 5.56. The lowest BCUT2D eigenvalue weighted by molar-refractivity contribution is -0.677. The van der Waals surface area contributed by atoms with Crippen molar-refractivity contribution in [2.75, 3.05) is 52.9 Å². The van der Waals surface area contributed by atoms with Crippen LogP contribution in [0.3, 0.4) is 0 Å². The lowest BCUT2D eigenvalue weighted by Crippen LogP contribution is -2.63. The van der Waals surface area contributed by atoms with Gasteiger partial charge in [-0.25, -0.2) is 13.9 Å². The summed E-state index contributed by atoms with van der Waals surface area (Å²) < 4.78 is 4.17. The van der Waals surface area contributed by atoms with Gasteiger partial charge >= 0.3 is 12.0 Å². The van der Waals surface area contributed by atoms with Gasteiger partial charge in [-0.15, -0.1) is 0 Å². The van der Waals surface area contributed by atoms with Gasteiger partial charge in [-0.3, -0.25) is 14.6 Å². The van der Waals surface area contributed by atoms with E-state index in [2.05, 4.69) is 21.3 Å². The van der Waals surface area contributed by atoms with Crippen molar-refractivity contribution in [2.24, 2.45) is 4.99 Å². The summed E-state index contributed by atoms with van der Waals surface area (Å²) in [4.78, 5) is 39.2. The summed E-state index contributed by atoms with van der Waals surface area (Å²) in [6.07, 6.45) is 9.58. The number of carbonyl (C=O) groups is 2. The Morgan fingerprint density at radius 2 is 1.50 bits per heavy atom. The second-order valence-corrected chi connectivity index (χ2v) is 9.64. The van der Waals surface area contributed by atoms with E-state index in [4.69, 9.17) is 4.99 Å². The highest BCUT2D eigenvalue weighted by molar-refractivity contribution is 6.19. The summed E-state index contributed by atoms with van der Waals surface area (Å²) in [6, 6.07) is -0.798. The molecule has 0 bridgehead atoms. The Balaban J connectivity index is 1.33. The van der Waals surface area contributed by atoms with Crippen LogP contribution in [0.5, 0.6) is 0 Å². The number of likely N-dealkylation sites (tertiary alicyclic amines) is 2. The van der Waals surface area contributed by atoms with Crippen LogP contribution in [0.2, 0.25) is 0 Å². The molecule has 3 saturated heterocycles. The molecule has 1 unspecified atom stereocenters. The standard InChI is InChI=1S/C23H36N7O2/c1-18-17-30-19-20(24-22(30)28(18)15-13-26-9-5-3-6-10-26)25(2)23(32)29(21(19)31)16-14-27-11-7-4-8-12-27/h17,19H,3-16H2,1-2H3/q+1. The lowest BCUT2D eigenvalue weighted by atomic mass is 10.1. The van der Waals surface area contributed by atoms with Gasteiger partial charge < -0.3 is 9.80 Å². The molecule has 5 rings (SSSR count). The zero-order valence-corrected chi connectivity index (χ0v) is 19.5. The molecule has 0 saturated carbocycles.